The summed E-state index contributed by atoms with van der Waals surface area (Å²) in [4.78, 5) is 40.6. The molecule has 1 amide bonds. The number of hydrogen-bond donors (Lipinski definition) is 5. The summed E-state index contributed by atoms with van der Waals surface area (Å²) in [5.41, 5.74) is 4.00. The highest BCUT2D eigenvalue weighted by molar-refractivity contribution is 9.10. The molecular formula is C29H27BrN2O7. The number of carbonyl (C=O) groups excluding carboxylic acids is 3. The Hall–Kier alpha value is -3.73. The first-order valence-electron chi connectivity index (χ1n) is 12.3. The number of carbonyl (C=O) groups is 3. The molecule has 0 saturated heterocycles. The number of primary amides is 1. The van der Waals surface area contributed by atoms with E-state index in [1.54, 1.807) is 20.2 Å². The molecule has 0 heterocycles. The summed E-state index contributed by atoms with van der Waals surface area (Å²) < 4.78 is 0.937. The Morgan fingerprint density at radius 3 is 2.36 bits per heavy atom. The van der Waals surface area contributed by atoms with Crippen LogP contribution in [0.4, 0.5) is 0 Å². The molecule has 0 radical (unpaired) electrons. The van der Waals surface area contributed by atoms with Gasteiger partial charge in [-0.3, -0.25) is 19.3 Å². The number of amides is 1. The van der Waals surface area contributed by atoms with Crippen molar-refractivity contribution in [1.29, 1.82) is 0 Å². The normalized spacial score (nSPS) is 26.6. The summed E-state index contributed by atoms with van der Waals surface area (Å²) in [5, 5.41) is 44.6. The van der Waals surface area contributed by atoms with Crippen LogP contribution in [0.1, 0.15) is 28.7 Å². The van der Waals surface area contributed by atoms with E-state index in [4.69, 9.17) is 5.73 Å². The van der Waals surface area contributed by atoms with E-state index < -0.39 is 58.0 Å². The third-order valence-corrected chi connectivity index (χ3v) is 8.49. The minimum absolute atomic E-state index is 0.0390. The number of halogens is 1. The number of Topliss-reactive ketones (excluding diaryl/α,β-unsaturated/α-hetero) is 2. The standard InChI is InChI=1S/C29H27BrN2O7/c1-32(2)23-18-12-15-11-17-14(6-3-13-4-8-16(30)9-5-13)7-10-19(33)21(17)24(34)20(15)26(36)29(18,39)27(37)22(25(23)35)28(31)38/h3-10,15,18,23,33-34,37,39H,11-12H2,1-2H3,(H2,31,38)/b6-3+/t15?,18?,23-,29-/m0/s1. The fourth-order valence-electron chi connectivity index (χ4n) is 6.18. The van der Waals surface area contributed by atoms with E-state index in [1.165, 1.54) is 11.0 Å². The van der Waals surface area contributed by atoms with Gasteiger partial charge in [0.05, 0.1) is 11.6 Å². The van der Waals surface area contributed by atoms with E-state index >= 15 is 0 Å². The Morgan fingerprint density at radius 2 is 1.74 bits per heavy atom. The van der Waals surface area contributed by atoms with Crippen LogP contribution in [-0.4, -0.2) is 68.5 Å². The fraction of sp³-hybridized carbons (Fsp3) is 0.276. The molecule has 3 aliphatic carbocycles. The summed E-state index contributed by atoms with van der Waals surface area (Å²) in [6.45, 7) is 0. The van der Waals surface area contributed by atoms with E-state index in [1.807, 2.05) is 36.4 Å². The van der Waals surface area contributed by atoms with Gasteiger partial charge >= 0.3 is 0 Å². The monoisotopic (exact) mass is 594 g/mol. The molecule has 0 aromatic heterocycles. The average Bonchev–Trinajstić information content (AvgIpc) is 2.86. The molecule has 39 heavy (non-hydrogen) atoms. The van der Waals surface area contributed by atoms with E-state index in [0.29, 0.717) is 11.1 Å². The number of nitrogens with two attached hydrogens (primary N) is 1. The van der Waals surface area contributed by atoms with Crippen molar-refractivity contribution < 1.29 is 34.8 Å². The minimum atomic E-state index is -2.65. The van der Waals surface area contributed by atoms with Gasteiger partial charge in [0.25, 0.3) is 5.91 Å². The maximum absolute atomic E-state index is 13.9. The Bertz CT molecular complexity index is 1520. The number of aliphatic hydroxyl groups excluding tert-OH is 2. The average molecular weight is 595 g/mol. The summed E-state index contributed by atoms with van der Waals surface area (Å²) in [6, 6.07) is 9.65. The molecule has 5 rings (SSSR count). The van der Waals surface area contributed by atoms with Crippen molar-refractivity contribution in [3.8, 4) is 5.75 Å². The first kappa shape index (κ1) is 26.9. The molecular weight excluding hydrogens is 568 g/mol. The van der Waals surface area contributed by atoms with Crippen molar-refractivity contribution in [3.05, 3.63) is 80.0 Å². The lowest BCUT2D eigenvalue weighted by atomic mass is 9.57. The van der Waals surface area contributed by atoms with E-state index in [9.17, 15) is 34.8 Å². The Morgan fingerprint density at radius 1 is 1.08 bits per heavy atom. The molecule has 2 aromatic carbocycles. The second-order valence-corrected chi connectivity index (χ2v) is 11.3. The van der Waals surface area contributed by atoms with Gasteiger partial charge in [-0.1, -0.05) is 46.3 Å². The molecule has 0 aliphatic heterocycles. The topological polar surface area (TPSA) is 161 Å². The summed E-state index contributed by atoms with van der Waals surface area (Å²) >= 11 is 3.41. The third-order valence-electron chi connectivity index (χ3n) is 7.97. The number of benzene rings is 2. The van der Waals surface area contributed by atoms with Gasteiger partial charge in [0.15, 0.2) is 11.4 Å². The highest BCUT2D eigenvalue weighted by Gasteiger charge is 2.64. The lowest BCUT2D eigenvalue weighted by Gasteiger charge is -2.50. The van der Waals surface area contributed by atoms with Crippen molar-refractivity contribution >= 4 is 51.3 Å². The molecule has 1 saturated carbocycles. The molecule has 1 fully saturated rings. The lowest BCUT2D eigenvalue weighted by molar-refractivity contribution is -0.153. The SMILES string of the molecule is CN(C)[C@@H]1C(=O)C(C(N)=O)=C(O)[C@@]2(O)C(=O)C3=C(O)c4c(O)ccc(/C=C/c5ccc(Br)cc5)c4CC3CC12. The first-order chi connectivity index (χ1) is 18.4. The molecule has 202 valence electrons. The van der Waals surface area contributed by atoms with Crippen LogP contribution < -0.4 is 5.73 Å². The molecule has 2 unspecified atom stereocenters. The maximum atomic E-state index is 13.9. The van der Waals surface area contributed by atoms with Crippen molar-refractivity contribution in [3.63, 3.8) is 0 Å². The predicted octanol–water partition coefficient (Wildman–Crippen LogP) is 2.90. The van der Waals surface area contributed by atoms with Crippen molar-refractivity contribution in [1.82, 2.24) is 4.90 Å². The number of phenols is 1. The molecule has 2 aromatic rings. The number of aliphatic hydroxyl groups is 3. The zero-order valence-corrected chi connectivity index (χ0v) is 22.8. The van der Waals surface area contributed by atoms with Gasteiger partial charge < -0.3 is 26.2 Å². The summed E-state index contributed by atoms with van der Waals surface area (Å²) in [7, 11) is 3.13. The van der Waals surface area contributed by atoms with E-state index in [0.717, 1.165) is 10.0 Å². The molecule has 10 heteroatoms. The zero-order valence-electron chi connectivity index (χ0n) is 21.2. The summed E-state index contributed by atoms with van der Waals surface area (Å²) in [5.74, 6) is -6.69. The molecule has 3 aliphatic rings. The molecule has 6 N–H and O–H groups in total. The molecule has 9 nitrogen and oxygen atoms in total. The highest BCUT2D eigenvalue weighted by atomic mass is 79.9. The van der Waals surface area contributed by atoms with Gasteiger partial charge in [0.2, 0.25) is 5.78 Å². The quantitative estimate of drug-likeness (QED) is 0.266. The number of rotatable bonds is 4. The van der Waals surface area contributed by atoms with Crippen LogP contribution in [0.15, 0.2) is 57.8 Å². The van der Waals surface area contributed by atoms with Crippen LogP contribution in [0, 0.1) is 11.8 Å². The van der Waals surface area contributed by atoms with Crippen LogP contribution >= 0.6 is 15.9 Å². The van der Waals surface area contributed by atoms with Gasteiger partial charge in [-0.2, -0.15) is 0 Å². The Labute approximate surface area is 232 Å². The predicted molar refractivity (Wildman–Crippen MR) is 147 cm³/mol. The smallest absolute Gasteiger partial charge is 0.255 e. The minimum Gasteiger partial charge on any atom is -0.508 e. The van der Waals surface area contributed by atoms with Gasteiger partial charge in [0, 0.05) is 16.0 Å². The van der Waals surface area contributed by atoms with Gasteiger partial charge in [0.1, 0.15) is 22.8 Å². The second kappa shape index (κ2) is 9.48. The second-order valence-electron chi connectivity index (χ2n) is 10.4. The van der Waals surface area contributed by atoms with Crippen LogP contribution in [0.3, 0.4) is 0 Å². The lowest BCUT2D eigenvalue weighted by Crippen LogP contribution is -2.65. The van der Waals surface area contributed by atoms with Crippen molar-refractivity contribution in [2.75, 3.05) is 14.1 Å². The Kier molecular flexibility index (Phi) is 6.53. The number of hydrogen-bond acceptors (Lipinski definition) is 8. The number of ketones is 2. The number of likely N-dealkylation sites (N-methyl/N-ethyl adjacent to an activating group) is 1. The van der Waals surface area contributed by atoms with Crippen LogP contribution in [0.25, 0.3) is 17.9 Å². The number of fused-ring (bicyclic) bond motifs is 3. The van der Waals surface area contributed by atoms with Crippen molar-refractivity contribution in [2.24, 2.45) is 17.6 Å². The first-order valence-corrected chi connectivity index (χ1v) is 13.1. The fourth-order valence-corrected chi connectivity index (χ4v) is 6.45. The van der Waals surface area contributed by atoms with E-state index in [-0.39, 0.29) is 29.7 Å². The Balaban J connectivity index is 1.66. The van der Waals surface area contributed by atoms with Crippen molar-refractivity contribution in [2.45, 2.75) is 24.5 Å². The summed E-state index contributed by atoms with van der Waals surface area (Å²) in [6.07, 6.45) is 4.00. The molecule has 0 spiro atoms. The number of aromatic hydroxyl groups is 1. The van der Waals surface area contributed by atoms with Gasteiger partial charge in [-0.05, 0) is 67.7 Å². The largest absolute Gasteiger partial charge is 0.508 e. The zero-order chi connectivity index (χ0) is 28.4. The van der Waals surface area contributed by atoms with Crippen LogP contribution in [0.2, 0.25) is 0 Å². The van der Waals surface area contributed by atoms with Crippen LogP contribution in [-0.2, 0) is 20.8 Å². The molecule has 0 bridgehead atoms. The number of nitrogens with zero attached hydrogens (tertiary/aromatic N) is 1. The third kappa shape index (κ3) is 4.02. The highest BCUT2D eigenvalue weighted by Crippen LogP contribution is 2.53. The molecule has 4 atom stereocenters. The van der Waals surface area contributed by atoms with Gasteiger partial charge in [-0.15, -0.1) is 0 Å². The van der Waals surface area contributed by atoms with Crippen LogP contribution in [0.5, 0.6) is 5.75 Å². The number of phenolic OH excluding ortho intramolecular Hbond substituents is 1. The van der Waals surface area contributed by atoms with Gasteiger partial charge in [-0.25, -0.2) is 0 Å². The van der Waals surface area contributed by atoms with E-state index in [2.05, 4.69) is 15.9 Å². The maximum Gasteiger partial charge on any atom is 0.255 e.